The lowest BCUT2D eigenvalue weighted by Crippen LogP contribution is -2.37. The molecule has 0 unspecified atom stereocenters. The number of fused-ring (bicyclic) bond motifs is 1. The topological polar surface area (TPSA) is 88.3 Å². The number of carbonyl (C=O) groups excluding carboxylic acids is 2. The number of rotatable bonds is 5. The Bertz CT molecular complexity index is 1410. The maximum atomic E-state index is 13.1. The molecule has 184 valence electrons. The van der Waals surface area contributed by atoms with Gasteiger partial charge in [0.25, 0.3) is 11.8 Å². The van der Waals surface area contributed by atoms with Gasteiger partial charge in [-0.25, -0.2) is 4.98 Å². The molecule has 7 nitrogen and oxygen atoms in total. The molecule has 1 aliphatic heterocycles. The van der Waals surface area contributed by atoms with E-state index in [4.69, 9.17) is 16.0 Å². The summed E-state index contributed by atoms with van der Waals surface area (Å²) in [5.41, 5.74) is 3.52. The fraction of sp³-hybridized carbons (Fsp3) is 0.286. The molecule has 1 aliphatic rings. The predicted octanol–water partition coefficient (Wildman–Crippen LogP) is 6.27. The van der Waals surface area contributed by atoms with Crippen LogP contribution in [0.4, 0.5) is 5.69 Å². The van der Waals surface area contributed by atoms with Gasteiger partial charge in [0.15, 0.2) is 11.6 Å². The quantitative estimate of drug-likeness (QED) is 0.347. The van der Waals surface area contributed by atoms with Crippen LogP contribution in [-0.4, -0.2) is 39.8 Å². The van der Waals surface area contributed by atoms with Crippen molar-refractivity contribution in [3.8, 4) is 0 Å². The van der Waals surface area contributed by atoms with Crippen LogP contribution in [0.25, 0.3) is 10.9 Å². The summed E-state index contributed by atoms with van der Waals surface area (Å²) >= 11 is 6.22. The Morgan fingerprint density at radius 3 is 2.53 bits per heavy atom. The van der Waals surface area contributed by atoms with E-state index in [0.717, 1.165) is 23.7 Å². The summed E-state index contributed by atoms with van der Waals surface area (Å²) in [6.45, 7) is 5.30. The molecule has 2 aromatic carbocycles. The number of piperidine rings is 1. The van der Waals surface area contributed by atoms with Gasteiger partial charge >= 0.3 is 0 Å². The highest BCUT2D eigenvalue weighted by molar-refractivity contribution is 6.35. The second-order valence-corrected chi connectivity index (χ2v) is 9.80. The summed E-state index contributed by atoms with van der Waals surface area (Å²) in [6.07, 6.45) is 4.80. The molecule has 0 aliphatic carbocycles. The molecule has 8 heteroatoms. The summed E-state index contributed by atoms with van der Waals surface area (Å²) < 4.78 is 5.35. The first-order valence-corrected chi connectivity index (χ1v) is 12.5. The molecule has 0 radical (unpaired) electrons. The number of oxazole rings is 1. The highest BCUT2D eigenvalue weighted by Crippen LogP contribution is 2.30. The molecule has 1 fully saturated rings. The molecule has 0 spiro atoms. The molecule has 0 bridgehead atoms. The Morgan fingerprint density at radius 1 is 1.08 bits per heavy atom. The number of carbonyl (C=O) groups is 2. The number of hydrogen-bond acceptors (Lipinski definition) is 5. The SMILES string of the molecule is CC(C)c1nc(C(=O)Nc2ccc(C3CCN(C(=O)c4ccc5c(Cl)ccnc5c4)CC3)cc2)co1. The van der Waals surface area contributed by atoms with Gasteiger partial charge in [0.1, 0.15) is 6.26 Å². The van der Waals surface area contributed by atoms with E-state index in [1.54, 1.807) is 12.3 Å². The smallest absolute Gasteiger partial charge is 0.277 e. The van der Waals surface area contributed by atoms with Gasteiger partial charge in [-0.2, -0.15) is 0 Å². The zero-order valence-corrected chi connectivity index (χ0v) is 21.0. The van der Waals surface area contributed by atoms with Crippen molar-refractivity contribution in [3.63, 3.8) is 0 Å². The van der Waals surface area contributed by atoms with Gasteiger partial charge in [-0.3, -0.25) is 14.6 Å². The van der Waals surface area contributed by atoms with Crippen molar-refractivity contribution in [3.05, 3.63) is 88.7 Å². The summed E-state index contributed by atoms with van der Waals surface area (Å²) in [6, 6.07) is 15.1. The first kappa shape index (κ1) is 24.0. The number of benzene rings is 2. The minimum atomic E-state index is -0.295. The van der Waals surface area contributed by atoms with Crippen LogP contribution < -0.4 is 5.32 Å². The van der Waals surface area contributed by atoms with Gasteiger partial charge < -0.3 is 14.6 Å². The average molecular weight is 503 g/mol. The number of pyridine rings is 1. The molecule has 1 saturated heterocycles. The third-order valence-electron chi connectivity index (χ3n) is 6.61. The Balaban J connectivity index is 1.18. The molecule has 0 atom stereocenters. The minimum Gasteiger partial charge on any atom is -0.448 e. The number of halogens is 1. The number of amides is 2. The predicted molar refractivity (Wildman–Crippen MR) is 140 cm³/mol. The summed E-state index contributed by atoms with van der Waals surface area (Å²) in [7, 11) is 0. The molecule has 36 heavy (non-hydrogen) atoms. The maximum absolute atomic E-state index is 13.1. The summed E-state index contributed by atoms with van der Waals surface area (Å²) in [4.78, 5) is 36.0. The van der Waals surface area contributed by atoms with Crippen LogP contribution in [0.1, 0.15) is 70.8 Å². The molecular weight excluding hydrogens is 476 g/mol. The highest BCUT2D eigenvalue weighted by atomic mass is 35.5. The number of hydrogen-bond donors (Lipinski definition) is 1. The van der Waals surface area contributed by atoms with Gasteiger partial charge in [0.2, 0.25) is 0 Å². The molecule has 4 aromatic rings. The monoisotopic (exact) mass is 502 g/mol. The van der Waals surface area contributed by atoms with Crippen molar-refractivity contribution in [2.45, 2.75) is 38.5 Å². The summed E-state index contributed by atoms with van der Waals surface area (Å²) in [5.74, 6) is 0.748. The highest BCUT2D eigenvalue weighted by Gasteiger charge is 2.25. The second-order valence-electron chi connectivity index (χ2n) is 9.39. The van der Waals surface area contributed by atoms with E-state index in [0.29, 0.717) is 41.2 Å². The van der Waals surface area contributed by atoms with E-state index in [-0.39, 0.29) is 23.4 Å². The van der Waals surface area contributed by atoms with Gasteiger partial charge in [-0.15, -0.1) is 0 Å². The molecule has 5 rings (SSSR count). The first-order chi connectivity index (χ1) is 17.4. The third kappa shape index (κ3) is 4.97. The zero-order valence-electron chi connectivity index (χ0n) is 20.2. The van der Waals surface area contributed by atoms with Crippen LogP contribution in [0, 0.1) is 0 Å². The lowest BCUT2D eigenvalue weighted by Gasteiger charge is -2.32. The van der Waals surface area contributed by atoms with Crippen LogP contribution in [0.15, 0.2) is 65.4 Å². The van der Waals surface area contributed by atoms with Crippen LogP contribution in [0.2, 0.25) is 5.02 Å². The fourth-order valence-corrected chi connectivity index (χ4v) is 4.75. The molecule has 1 N–H and O–H groups in total. The van der Waals surface area contributed by atoms with Crippen molar-refractivity contribution in [1.29, 1.82) is 0 Å². The molecule has 0 saturated carbocycles. The van der Waals surface area contributed by atoms with Crippen LogP contribution >= 0.6 is 11.6 Å². The van der Waals surface area contributed by atoms with Crippen molar-refractivity contribution in [2.75, 3.05) is 18.4 Å². The normalized spacial score (nSPS) is 14.4. The summed E-state index contributed by atoms with van der Waals surface area (Å²) in [5, 5.41) is 4.34. The van der Waals surface area contributed by atoms with Gasteiger partial charge in [-0.1, -0.05) is 43.6 Å². The minimum absolute atomic E-state index is 0.0173. The van der Waals surface area contributed by atoms with Crippen molar-refractivity contribution < 1.29 is 14.0 Å². The lowest BCUT2D eigenvalue weighted by molar-refractivity contribution is 0.0713. The molecular formula is C28H27ClN4O3. The van der Waals surface area contributed by atoms with Crippen LogP contribution in [0.5, 0.6) is 0 Å². The average Bonchev–Trinajstić information content (AvgIpc) is 3.40. The van der Waals surface area contributed by atoms with Gasteiger partial charge in [0.05, 0.1) is 10.5 Å². The largest absolute Gasteiger partial charge is 0.448 e. The number of nitrogens with zero attached hydrogens (tertiary/aromatic N) is 3. The van der Waals surface area contributed by atoms with E-state index in [1.807, 2.05) is 61.2 Å². The molecule has 3 heterocycles. The van der Waals surface area contributed by atoms with Gasteiger partial charge in [0, 0.05) is 41.8 Å². The first-order valence-electron chi connectivity index (χ1n) is 12.1. The number of anilines is 1. The van der Waals surface area contributed by atoms with Crippen molar-refractivity contribution >= 4 is 40.0 Å². The lowest BCUT2D eigenvalue weighted by atomic mass is 9.89. The molecule has 2 aromatic heterocycles. The van der Waals surface area contributed by atoms with Gasteiger partial charge in [-0.05, 0) is 54.7 Å². The van der Waals surface area contributed by atoms with E-state index in [9.17, 15) is 9.59 Å². The Labute approximate surface area is 214 Å². The second kappa shape index (κ2) is 10.1. The Kier molecular flexibility index (Phi) is 6.74. The number of nitrogens with one attached hydrogen (secondary N) is 1. The zero-order chi connectivity index (χ0) is 25.2. The van der Waals surface area contributed by atoms with E-state index >= 15 is 0 Å². The fourth-order valence-electron chi connectivity index (χ4n) is 4.54. The maximum Gasteiger partial charge on any atom is 0.277 e. The Hall–Kier alpha value is -3.71. The van der Waals surface area contributed by atoms with Crippen molar-refractivity contribution in [2.24, 2.45) is 0 Å². The third-order valence-corrected chi connectivity index (χ3v) is 6.94. The Morgan fingerprint density at radius 2 is 1.83 bits per heavy atom. The van der Waals surface area contributed by atoms with Crippen molar-refractivity contribution in [1.82, 2.24) is 14.9 Å². The molecule has 2 amide bonds. The standard InChI is InChI=1S/C28H27ClN4O3/c1-17(2)27-32-25(16-36-27)26(34)31-21-6-3-18(4-7-21)19-10-13-33(14-11-19)28(35)20-5-8-22-23(29)9-12-30-24(22)15-20/h3-9,12,15-17,19H,10-11,13-14H2,1-2H3,(H,31,34). The number of aromatic nitrogens is 2. The van der Waals surface area contributed by atoms with E-state index in [2.05, 4.69) is 15.3 Å². The van der Waals surface area contributed by atoms with E-state index < -0.39 is 0 Å². The van der Waals surface area contributed by atoms with E-state index in [1.165, 1.54) is 11.8 Å². The van der Waals surface area contributed by atoms with Crippen LogP contribution in [0.3, 0.4) is 0 Å². The van der Waals surface area contributed by atoms with Crippen LogP contribution in [-0.2, 0) is 0 Å². The number of likely N-dealkylation sites (tertiary alicyclic amines) is 1.